The number of thiocarbonyl (C=S) groups is 1. The van der Waals surface area contributed by atoms with Crippen molar-refractivity contribution >= 4 is 36.1 Å². The molecule has 1 heterocycles. The van der Waals surface area contributed by atoms with Crippen LogP contribution in [0.25, 0.3) is 0 Å². The second-order valence-electron chi connectivity index (χ2n) is 5.70. The fourth-order valence-corrected chi connectivity index (χ4v) is 4.92. The van der Waals surface area contributed by atoms with Crippen molar-refractivity contribution in [2.75, 3.05) is 7.05 Å². The Morgan fingerprint density at radius 2 is 2.27 bits per heavy atom. The van der Waals surface area contributed by atoms with Gasteiger partial charge >= 0.3 is 0 Å². The second-order valence-corrected chi connectivity index (χ2v) is 7.51. The number of rotatable bonds is 0. The molecule has 0 aromatic carbocycles. The van der Waals surface area contributed by atoms with Gasteiger partial charge in [-0.25, -0.2) is 0 Å². The molecule has 0 aromatic rings. The van der Waals surface area contributed by atoms with Gasteiger partial charge in [0.15, 0.2) is 0 Å². The van der Waals surface area contributed by atoms with Gasteiger partial charge in [0.25, 0.3) is 0 Å². The van der Waals surface area contributed by atoms with Crippen LogP contribution in [0.4, 0.5) is 0 Å². The molecule has 1 aliphatic carbocycles. The van der Waals surface area contributed by atoms with Gasteiger partial charge < -0.3 is 4.90 Å². The Balaban J connectivity index is 2.25. The van der Waals surface area contributed by atoms with E-state index < -0.39 is 0 Å². The minimum atomic E-state index is 0.479. The molecule has 1 saturated carbocycles. The van der Waals surface area contributed by atoms with Gasteiger partial charge in [-0.15, -0.1) is 0 Å². The van der Waals surface area contributed by atoms with Crippen molar-refractivity contribution in [2.45, 2.75) is 49.7 Å². The number of thioether (sulfide) groups is 1. The smallest absolute Gasteiger partial charge is 0.136 e. The zero-order valence-electron chi connectivity index (χ0n) is 10.1. The maximum absolute atomic E-state index is 5.42. The highest BCUT2D eigenvalue weighted by atomic mass is 32.2. The maximum atomic E-state index is 5.42. The first-order valence-electron chi connectivity index (χ1n) is 5.87. The lowest BCUT2D eigenvalue weighted by Crippen LogP contribution is -2.37. The van der Waals surface area contributed by atoms with E-state index in [0.29, 0.717) is 11.4 Å². The number of hydrogen-bond acceptors (Lipinski definition) is 2. The van der Waals surface area contributed by atoms with Gasteiger partial charge in [0, 0.05) is 18.3 Å². The third-order valence-electron chi connectivity index (χ3n) is 4.45. The molecule has 0 spiro atoms. The molecule has 15 heavy (non-hydrogen) atoms. The third kappa shape index (κ3) is 1.95. The molecule has 0 aromatic heterocycles. The summed E-state index contributed by atoms with van der Waals surface area (Å²) in [6.07, 6.45) is 4.04. The Hall–Kier alpha value is 0.305. The highest BCUT2D eigenvalue weighted by molar-refractivity contribution is 8.23. The molecule has 1 saturated heterocycles. The molecule has 1 nitrogen and oxygen atoms in total. The largest absolute Gasteiger partial charge is 0.356 e. The van der Waals surface area contributed by atoms with Gasteiger partial charge in [-0.3, -0.25) is 0 Å². The van der Waals surface area contributed by atoms with E-state index in [2.05, 4.69) is 33.6 Å². The molecule has 0 radical (unpaired) electrons. The van der Waals surface area contributed by atoms with Crippen LogP contribution in [0.2, 0.25) is 5.31 Å². The average Bonchev–Trinajstić information content (AvgIpc) is 2.38. The summed E-state index contributed by atoms with van der Waals surface area (Å²) in [5, 5.41) is 1.20. The summed E-state index contributed by atoms with van der Waals surface area (Å²) in [5.74, 6) is 0.762. The van der Waals surface area contributed by atoms with Gasteiger partial charge in [-0.05, 0) is 12.3 Å². The second kappa shape index (κ2) is 3.95. The van der Waals surface area contributed by atoms with Crippen molar-refractivity contribution in [3.05, 3.63) is 0 Å². The minimum absolute atomic E-state index is 0.479. The first-order chi connectivity index (χ1) is 6.93. The molecular weight excluding hydrogens is 221 g/mol. The van der Waals surface area contributed by atoms with Crippen molar-refractivity contribution < 1.29 is 0 Å². The van der Waals surface area contributed by atoms with E-state index in [1.54, 1.807) is 0 Å². The number of nitrogens with zero attached hydrogens (tertiary/aromatic N) is 1. The molecule has 4 unspecified atom stereocenters. The molecule has 0 amide bonds. The summed E-state index contributed by atoms with van der Waals surface area (Å²) in [6.45, 7) is 4.83. The topological polar surface area (TPSA) is 3.24 Å². The van der Waals surface area contributed by atoms with E-state index in [4.69, 9.17) is 12.2 Å². The molecule has 0 N–H and O–H groups in total. The van der Waals surface area contributed by atoms with Crippen LogP contribution in [-0.2, 0) is 0 Å². The molecule has 2 fully saturated rings. The fourth-order valence-electron chi connectivity index (χ4n) is 2.87. The summed E-state index contributed by atoms with van der Waals surface area (Å²) < 4.78 is 1.11. The minimum Gasteiger partial charge on any atom is -0.356 e. The van der Waals surface area contributed by atoms with E-state index >= 15 is 0 Å². The maximum Gasteiger partial charge on any atom is 0.136 e. The van der Waals surface area contributed by atoms with Gasteiger partial charge in [0.05, 0.1) is 0 Å². The molecule has 4 atom stereocenters. The number of fused-ring (bicyclic) bond motifs is 1. The lowest BCUT2D eigenvalue weighted by Gasteiger charge is -2.34. The van der Waals surface area contributed by atoms with Gasteiger partial charge in [0.2, 0.25) is 0 Å². The molecule has 84 valence electrons. The van der Waals surface area contributed by atoms with E-state index in [1.165, 1.54) is 19.3 Å². The summed E-state index contributed by atoms with van der Waals surface area (Å²) in [7, 11) is 4.59. The first-order valence-corrected chi connectivity index (χ1v) is 7.16. The zero-order valence-corrected chi connectivity index (χ0v) is 11.8. The molecule has 2 aliphatic rings. The van der Waals surface area contributed by atoms with Crippen molar-refractivity contribution in [1.29, 1.82) is 0 Å². The van der Waals surface area contributed by atoms with Crippen molar-refractivity contribution in [1.82, 2.24) is 4.90 Å². The predicted octanol–water partition coefficient (Wildman–Crippen LogP) is 2.32. The molecule has 4 heteroatoms. The quantitative estimate of drug-likeness (QED) is 0.473. The van der Waals surface area contributed by atoms with Crippen LogP contribution in [0.15, 0.2) is 0 Å². The standard InChI is InChI=1S/C11H20BNS2/c1-7-9-8(13(3)10(14)15-9)5-4-6-11(7,2)12/h7-9H,4-6,12H2,1-3H3. The van der Waals surface area contributed by atoms with E-state index in [9.17, 15) is 0 Å². The Morgan fingerprint density at radius 1 is 1.60 bits per heavy atom. The van der Waals surface area contributed by atoms with Crippen molar-refractivity contribution in [3.63, 3.8) is 0 Å². The molecule has 0 bridgehead atoms. The Morgan fingerprint density at radius 3 is 2.93 bits per heavy atom. The van der Waals surface area contributed by atoms with Crippen LogP contribution in [0, 0.1) is 5.92 Å². The van der Waals surface area contributed by atoms with Crippen molar-refractivity contribution in [2.24, 2.45) is 5.92 Å². The van der Waals surface area contributed by atoms with Crippen LogP contribution in [0.3, 0.4) is 0 Å². The van der Waals surface area contributed by atoms with E-state index in [-0.39, 0.29) is 0 Å². The van der Waals surface area contributed by atoms with Gasteiger partial charge in [0.1, 0.15) is 12.2 Å². The zero-order chi connectivity index (χ0) is 11.2. The fraction of sp³-hybridized carbons (Fsp3) is 0.909. The lowest BCUT2D eigenvalue weighted by molar-refractivity contribution is 0.316. The van der Waals surface area contributed by atoms with Crippen LogP contribution in [-0.4, -0.2) is 35.4 Å². The van der Waals surface area contributed by atoms with Crippen LogP contribution in [0.1, 0.15) is 33.1 Å². The third-order valence-corrected chi connectivity index (χ3v) is 6.51. The Kier molecular flexibility index (Phi) is 3.11. The molecular formula is C11H20BNS2. The summed E-state index contributed by atoms with van der Waals surface area (Å²) >= 11 is 7.36. The molecule has 2 rings (SSSR count). The first kappa shape index (κ1) is 11.8. The Labute approximate surface area is 104 Å². The van der Waals surface area contributed by atoms with Crippen LogP contribution in [0.5, 0.6) is 0 Å². The lowest BCUT2D eigenvalue weighted by atomic mass is 9.60. The van der Waals surface area contributed by atoms with Gasteiger partial charge in [-0.1, -0.05) is 56.0 Å². The van der Waals surface area contributed by atoms with Crippen LogP contribution < -0.4 is 0 Å². The highest BCUT2D eigenvalue weighted by Gasteiger charge is 2.45. The van der Waals surface area contributed by atoms with Gasteiger partial charge in [-0.2, -0.15) is 0 Å². The summed E-state index contributed by atoms with van der Waals surface area (Å²) in [6, 6.07) is 0.694. The van der Waals surface area contributed by atoms with E-state index in [0.717, 1.165) is 15.5 Å². The summed E-state index contributed by atoms with van der Waals surface area (Å²) in [5.41, 5.74) is 0. The Bertz CT molecular complexity index is 280. The van der Waals surface area contributed by atoms with E-state index in [1.807, 2.05) is 11.8 Å². The monoisotopic (exact) mass is 241 g/mol. The number of hydrogen-bond donors (Lipinski definition) is 0. The average molecular weight is 241 g/mol. The normalized spacial score (nSPS) is 46.5. The summed E-state index contributed by atoms with van der Waals surface area (Å²) in [4.78, 5) is 2.34. The predicted molar refractivity (Wildman–Crippen MR) is 75.5 cm³/mol. The highest BCUT2D eigenvalue weighted by Crippen LogP contribution is 2.50. The van der Waals surface area contributed by atoms with Crippen molar-refractivity contribution in [3.8, 4) is 0 Å². The SMILES string of the molecule is BC1(C)CCCC2C(SC(=S)N2C)C1C. The van der Waals surface area contributed by atoms with Crippen LogP contribution >= 0.6 is 24.0 Å². The molecule has 1 aliphatic heterocycles.